The highest BCUT2D eigenvalue weighted by molar-refractivity contribution is 5.81. The first-order valence-electron chi connectivity index (χ1n) is 6.11. The van der Waals surface area contributed by atoms with Crippen molar-refractivity contribution in [3.05, 3.63) is 47.5 Å². The van der Waals surface area contributed by atoms with E-state index in [0.717, 1.165) is 11.5 Å². The summed E-state index contributed by atoms with van der Waals surface area (Å²) in [7, 11) is 3.35. The quantitative estimate of drug-likeness (QED) is 0.794. The van der Waals surface area contributed by atoms with Crippen molar-refractivity contribution in [1.82, 2.24) is 0 Å². The lowest BCUT2D eigenvalue weighted by Gasteiger charge is -2.12. The zero-order chi connectivity index (χ0) is 12.7. The van der Waals surface area contributed by atoms with E-state index in [4.69, 9.17) is 9.47 Å². The summed E-state index contributed by atoms with van der Waals surface area (Å²) in [6, 6.07) is 12.7. The summed E-state index contributed by atoms with van der Waals surface area (Å²) < 4.78 is 10.8. The van der Waals surface area contributed by atoms with Crippen LogP contribution in [0.25, 0.3) is 11.1 Å². The molecule has 1 aliphatic rings. The van der Waals surface area contributed by atoms with Gasteiger partial charge in [0.2, 0.25) is 0 Å². The van der Waals surface area contributed by atoms with Crippen LogP contribution in [0.3, 0.4) is 0 Å². The topological polar surface area (TPSA) is 18.5 Å². The maximum atomic E-state index is 5.39. The van der Waals surface area contributed by atoms with Crippen LogP contribution in [0.5, 0.6) is 11.5 Å². The fourth-order valence-electron chi connectivity index (χ4n) is 2.77. The van der Waals surface area contributed by atoms with Gasteiger partial charge in [-0.25, -0.2) is 0 Å². The second-order valence-electron chi connectivity index (χ2n) is 4.60. The Hall–Kier alpha value is -1.96. The first-order chi connectivity index (χ1) is 8.76. The summed E-state index contributed by atoms with van der Waals surface area (Å²) in [5.74, 6) is 2.01. The number of methoxy groups -OCH3 is 2. The molecule has 0 N–H and O–H groups in total. The van der Waals surface area contributed by atoms with E-state index in [2.05, 4.69) is 43.3 Å². The molecular formula is C16H16O2. The van der Waals surface area contributed by atoms with Crippen molar-refractivity contribution in [2.75, 3.05) is 14.2 Å². The highest BCUT2D eigenvalue weighted by atomic mass is 16.5. The van der Waals surface area contributed by atoms with Crippen molar-refractivity contribution in [3.8, 4) is 22.6 Å². The minimum absolute atomic E-state index is 0.413. The third-order valence-corrected chi connectivity index (χ3v) is 3.74. The van der Waals surface area contributed by atoms with Gasteiger partial charge in [0.25, 0.3) is 0 Å². The molecule has 0 aromatic heterocycles. The molecule has 2 nitrogen and oxygen atoms in total. The van der Waals surface area contributed by atoms with Gasteiger partial charge in [-0.2, -0.15) is 0 Å². The molecule has 0 amide bonds. The van der Waals surface area contributed by atoms with Gasteiger partial charge in [0, 0.05) is 5.92 Å². The third kappa shape index (κ3) is 1.42. The SMILES string of the molecule is COc1cc2c(cc1OC)[C@H](C)c1ccccc1-2. The van der Waals surface area contributed by atoms with Gasteiger partial charge in [0.15, 0.2) is 11.5 Å². The van der Waals surface area contributed by atoms with E-state index in [0.29, 0.717) is 5.92 Å². The lowest BCUT2D eigenvalue weighted by Crippen LogP contribution is -1.94. The Labute approximate surface area is 107 Å². The molecule has 0 spiro atoms. The average Bonchev–Trinajstić information content (AvgIpc) is 2.71. The molecule has 0 radical (unpaired) electrons. The Morgan fingerprint density at radius 1 is 0.833 bits per heavy atom. The molecule has 0 unspecified atom stereocenters. The number of benzene rings is 2. The molecule has 0 bridgehead atoms. The summed E-state index contributed by atoms with van der Waals surface area (Å²) in [5, 5.41) is 0. The van der Waals surface area contributed by atoms with Crippen LogP contribution < -0.4 is 9.47 Å². The first-order valence-corrected chi connectivity index (χ1v) is 6.11. The standard InChI is InChI=1S/C16H16O2/c1-10-11-6-4-5-7-12(11)14-9-16(18-3)15(17-2)8-13(10)14/h4-10H,1-3H3/t10-/m1/s1. The molecule has 0 saturated carbocycles. The summed E-state index contributed by atoms with van der Waals surface area (Å²) in [6.45, 7) is 2.23. The molecule has 0 saturated heterocycles. The van der Waals surface area contributed by atoms with E-state index in [1.54, 1.807) is 14.2 Å². The number of hydrogen-bond donors (Lipinski definition) is 0. The van der Waals surface area contributed by atoms with Gasteiger partial charge in [-0.15, -0.1) is 0 Å². The van der Waals surface area contributed by atoms with Crippen molar-refractivity contribution in [2.45, 2.75) is 12.8 Å². The molecule has 2 heteroatoms. The molecule has 3 rings (SSSR count). The van der Waals surface area contributed by atoms with E-state index in [9.17, 15) is 0 Å². The Balaban J connectivity index is 2.26. The average molecular weight is 240 g/mol. The summed E-state index contributed by atoms with van der Waals surface area (Å²) in [4.78, 5) is 0. The highest BCUT2D eigenvalue weighted by Crippen LogP contribution is 2.48. The number of rotatable bonds is 2. The Morgan fingerprint density at radius 2 is 1.50 bits per heavy atom. The zero-order valence-electron chi connectivity index (χ0n) is 10.9. The van der Waals surface area contributed by atoms with Gasteiger partial charge < -0.3 is 9.47 Å². The van der Waals surface area contributed by atoms with E-state index in [-0.39, 0.29) is 0 Å². The van der Waals surface area contributed by atoms with Crippen molar-refractivity contribution >= 4 is 0 Å². The fourth-order valence-corrected chi connectivity index (χ4v) is 2.77. The van der Waals surface area contributed by atoms with Crippen molar-refractivity contribution in [3.63, 3.8) is 0 Å². The van der Waals surface area contributed by atoms with Gasteiger partial charge in [-0.1, -0.05) is 31.2 Å². The van der Waals surface area contributed by atoms with Crippen molar-refractivity contribution in [1.29, 1.82) is 0 Å². The maximum Gasteiger partial charge on any atom is 0.161 e. The molecule has 0 fully saturated rings. The second-order valence-corrected chi connectivity index (χ2v) is 4.60. The second kappa shape index (κ2) is 4.05. The first kappa shape index (κ1) is 11.1. The summed E-state index contributed by atoms with van der Waals surface area (Å²) >= 11 is 0. The number of hydrogen-bond acceptors (Lipinski definition) is 2. The van der Waals surface area contributed by atoms with Crippen molar-refractivity contribution < 1.29 is 9.47 Å². The summed E-state index contributed by atoms with van der Waals surface area (Å²) in [5.41, 5.74) is 5.26. The minimum Gasteiger partial charge on any atom is -0.493 e. The Morgan fingerprint density at radius 3 is 2.22 bits per heavy atom. The molecule has 0 aliphatic heterocycles. The van der Waals surface area contributed by atoms with Gasteiger partial charge >= 0.3 is 0 Å². The molecule has 18 heavy (non-hydrogen) atoms. The van der Waals surface area contributed by atoms with E-state index in [1.165, 1.54) is 22.3 Å². The monoisotopic (exact) mass is 240 g/mol. The molecule has 0 heterocycles. The van der Waals surface area contributed by atoms with Crippen LogP contribution in [-0.2, 0) is 0 Å². The normalized spacial score (nSPS) is 16.1. The molecule has 92 valence electrons. The smallest absolute Gasteiger partial charge is 0.161 e. The van der Waals surface area contributed by atoms with Gasteiger partial charge in [0.1, 0.15) is 0 Å². The van der Waals surface area contributed by atoms with Crippen LogP contribution in [0.15, 0.2) is 36.4 Å². The summed E-state index contributed by atoms with van der Waals surface area (Å²) in [6.07, 6.45) is 0. The third-order valence-electron chi connectivity index (χ3n) is 3.74. The molecule has 1 atom stereocenters. The van der Waals surface area contributed by atoms with Gasteiger partial charge in [-0.05, 0) is 34.4 Å². The van der Waals surface area contributed by atoms with Crippen LogP contribution in [0.2, 0.25) is 0 Å². The predicted octanol–water partition coefficient (Wildman–Crippen LogP) is 3.84. The van der Waals surface area contributed by atoms with E-state index in [1.807, 2.05) is 0 Å². The largest absolute Gasteiger partial charge is 0.493 e. The van der Waals surface area contributed by atoms with Gasteiger partial charge in [0.05, 0.1) is 14.2 Å². The van der Waals surface area contributed by atoms with Crippen LogP contribution in [-0.4, -0.2) is 14.2 Å². The molecular weight excluding hydrogens is 224 g/mol. The lowest BCUT2D eigenvalue weighted by molar-refractivity contribution is 0.354. The molecule has 2 aromatic rings. The van der Waals surface area contributed by atoms with Crippen LogP contribution in [0.4, 0.5) is 0 Å². The maximum absolute atomic E-state index is 5.39. The van der Waals surface area contributed by atoms with Crippen LogP contribution in [0.1, 0.15) is 24.0 Å². The molecule has 1 aliphatic carbocycles. The molecule has 2 aromatic carbocycles. The lowest BCUT2D eigenvalue weighted by atomic mass is 9.99. The van der Waals surface area contributed by atoms with E-state index >= 15 is 0 Å². The predicted molar refractivity (Wildman–Crippen MR) is 72.5 cm³/mol. The van der Waals surface area contributed by atoms with E-state index < -0.39 is 0 Å². The minimum atomic E-state index is 0.413. The number of ether oxygens (including phenoxy) is 2. The highest BCUT2D eigenvalue weighted by Gasteiger charge is 2.26. The van der Waals surface area contributed by atoms with Crippen LogP contribution >= 0.6 is 0 Å². The van der Waals surface area contributed by atoms with Crippen molar-refractivity contribution in [2.24, 2.45) is 0 Å². The zero-order valence-corrected chi connectivity index (χ0v) is 10.9. The number of fused-ring (bicyclic) bond motifs is 3. The van der Waals surface area contributed by atoms with Crippen LogP contribution in [0, 0.1) is 0 Å². The fraction of sp³-hybridized carbons (Fsp3) is 0.250. The Kier molecular flexibility index (Phi) is 2.51. The Bertz CT molecular complexity index is 602. The van der Waals surface area contributed by atoms with Gasteiger partial charge in [-0.3, -0.25) is 0 Å².